The first-order valence-corrected chi connectivity index (χ1v) is 9.23. The van der Waals surface area contributed by atoms with Gasteiger partial charge in [-0.1, -0.05) is 17.8 Å². The third-order valence-corrected chi connectivity index (χ3v) is 4.83. The lowest BCUT2D eigenvalue weighted by molar-refractivity contribution is -0.127. The van der Waals surface area contributed by atoms with Crippen molar-refractivity contribution in [3.8, 4) is 17.2 Å². The quantitative estimate of drug-likeness (QED) is 0.605. The van der Waals surface area contributed by atoms with E-state index in [-0.39, 0.29) is 29.7 Å². The fraction of sp³-hybridized carbons (Fsp3) is 0.222. The van der Waals surface area contributed by atoms with Gasteiger partial charge in [-0.05, 0) is 52.4 Å². The second-order valence-corrected chi connectivity index (χ2v) is 6.84. The number of hydrogen-bond donors (Lipinski definition) is 1. The van der Waals surface area contributed by atoms with E-state index in [1.54, 1.807) is 25.2 Å². The number of carbonyl (C=O) groups is 1. The number of aromatic hydroxyl groups is 1. The number of carbonyl (C=O) groups excluding carboxylic acids is 1. The second kappa shape index (κ2) is 8.70. The summed E-state index contributed by atoms with van der Waals surface area (Å²) in [5.74, 6) is -0.204. The predicted octanol–water partition coefficient (Wildman–Crippen LogP) is 2.27. The van der Waals surface area contributed by atoms with Crippen molar-refractivity contribution in [2.24, 2.45) is 0 Å². The van der Waals surface area contributed by atoms with Crippen LogP contribution in [0.3, 0.4) is 0 Å². The number of phenols is 1. The molecule has 0 spiro atoms. The lowest BCUT2D eigenvalue weighted by atomic mass is 10.2. The maximum atomic E-state index is 13.8. The van der Waals surface area contributed by atoms with Crippen LogP contribution in [-0.4, -0.2) is 56.0 Å². The largest absolute Gasteiger partial charge is 0.508 e. The molecule has 10 heteroatoms. The number of amides is 1. The molecule has 0 bridgehead atoms. The summed E-state index contributed by atoms with van der Waals surface area (Å²) in [6, 6.07) is 11.0. The van der Waals surface area contributed by atoms with E-state index >= 15 is 0 Å². The number of thioether (sulfide) groups is 1. The highest BCUT2D eigenvalue weighted by molar-refractivity contribution is 7.99. The van der Waals surface area contributed by atoms with Gasteiger partial charge in [0.1, 0.15) is 5.75 Å². The van der Waals surface area contributed by atoms with Gasteiger partial charge >= 0.3 is 0 Å². The van der Waals surface area contributed by atoms with E-state index in [1.165, 1.54) is 52.7 Å². The minimum Gasteiger partial charge on any atom is -0.508 e. The number of halogens is 1. The van der Waals surface area contributed by atoms with Gasteiger partial charge in [-0.15, -0.1) is 5.10 Å². The van der Waals surface area contributed by atoms with E-state index in [2.05, 4.69) is 15.5 Å². The zero-order valence-corrected chi connectivity index (χ0v) is 16.1. The van der Waals surface area contributed by atoms with E-state index < -0.39 is 5.82 Å². The Labute approximate surface area is 164 Å². The molecule has 2 aromatic carbocycles. The van der Waals surface area contributed by atoms with E-state index in [1.807, 2.05) is 0 Å². The second-order valence-electron chi connectivity index (χ2n) is 5.90. The molecule has 0 unspecified atom stereocenters. The molecule has 1 heterocycles. The number of hydrogen-bond acceptors (Lipinski definition) is 7. The van der Waals surface area contributed by atoms with Crippen molar-refractivity contribution in [2.45, 2.75) is 11.7 Å². The normalized spacial score (nSPS) is 10.7. The highest BCUT2D eigenvalue weighted by atomic mass is 32.2. The van der Waals surface area contributed by atoms with Crippen LogP contribution in [0.2, 0.25) is 0 Å². The molecule has 1 N–H and O–H groups in total. The smallest absolute Gasteiger partial charge is 0.233 e. The molecule has 0 saturated heterocycles. The van der Waals surface area contributed by atoms with Crippen molar-refractivity contribution in [3.63, 3.8) is 0 Å². The third kappa shape index (κ3) is 4.58. The molecule has 0 fully saturated rings. The van der Waals surface area contributed by atoms with Crippen molar-refractivity contribution < 1.29 is 19.0 Å². The van der Waals surface area contributed by atoms with E-state index in [0.29, 0.717) is 16.4 Å². The summed E-state index contributed by atoms with van der Waals surface area (Å²) in [5.41, 5.74) is 1.33. The summed E-state index contributed by atoms with van der Waals surface area (Å²) in [7, 11) is 3.05. The lowest BCUT2D eigenvalue weighted by Crippen LogP contribution is -2.28. The van der Waals surface area contributed by atoms with Crippen molar-refractivity contribution in [1.29, 1.82) is 0 Å². The summed E-state index contributed by atoms with van der Waals surface area (Å²) >= 11 is 1.19. The van der Waals surface area contributed by atoms with Crippen molar-refractivity contribution in [1.82, 2.24) is 25.1 Å². The summed E-state index contributed by atoms with van der Waals surface area (Å²) in [6.45, 7) is 0.267. The maximum Gasteiger partial charge on any atom is 0.233 e. The van der Waals surface area contributed by atoms with E-state index in [0.717, 1.165) is 0 Å². The number of rotatable bonds is 7. The van der Waals surface area contributed by atoms with Crippen LogP contribution in [0.5, 0.6) is 11.5 Å². The molecule has 8 nitrogen and oxygen atoms in total. The van der Waals surface area contributed by atoms with E-state index in [4.69, 9.17) is 4.74 Å². The fourth-order valence-electron chi connectivity index (χ4n) is 2.43. The third-order valence-electron chi connectivity index (χ3n) is 3.92. The standard InChI is InChI=1S/C18H18FN5O3S/c1-23(10-12-3-8-16(27-2)15(19)9-12)17(26)11-28-18-20-21-22-24(18)13-4-6-14(25)7-5-13/h3-9,25H,10-11H2,1-2H3. The Morgan fingerprint density at radius 1 is 1.29 bits per heavy atom. The van der Waals surface area contributed by atoms with Crippen molar-refractivity contribution in [3.05, 3.63) is 53.8 Å². The first kappa shape index (κ1) is 19.6. The Morgan fingerprint density at radius 3 is 2.71 bits per heavy atom. The first-order valence-electron chi connectivity index (χ1n) is 8.25. The number of benzene rings is 2. The van der Waals surface area contributed by atoms with Gasteiger partial charge in [0.25, 0.3) is 0 Å². The topological polar surface area (TPSA) is 93.4 Å². The highest BCUT2D eigenvalue weighted by Crippen LogP contribution is 2.21. The Kier molecular flexibility index (Phi) is 6.09. The monoisotopic (exact) mass is 403 g/mol. The molecule has 3 aromatic rings. The fourth-order valence-corrected chi connectivity index (χ4v) is 3.26. The van der Waals surface area contributed by atoms with Crippen LogP contribution in [0.15, 0.2) is 47.6 Å². The van der Waals surface area contributed by atoms with Crippen LogP contribution < -0.4 is 4.74 Å². The molecular formula is C18H18FN5O3S. The SMILES string of the molecule is COc1ccc(CN(C)C(=O)CSc2nnnn2-c2ccc(O)cc2)cc1F. The lowest BCUT2D eigenvalue weighted by Gasteiger charge is -2.17. The average Bonchev–Trinajstić information content (AvgIpc) is 3.15. The molecule has 28 heavy (non-hydrogen) atoms. The van der Waals surface area contributed by atoms with Gasteiger partial charge in [-0.25, -0.2) is 4.39 Å². The van der Waals surface area contributed by atoms with Crippen molar-refractivity contribution in [2.75, 3.05) is 19.9 Å². The zero-order valence-electron chi connectivity index (χ0n) is 15.2. The number of phenolic OH excluding ortho intramolecular Hbond substituents is 1. The van der Waals surface area contributed by atoms with Gasteiger partial charge < -0.3 is 14.7 Å². The molecular weight excluding hydrogens is 385 g/mol. The van der Waals surface area contributed by atoms with Crippen LogP contribution in [0.25, 0.3) is 5.69 Å². The summed E-state index contributed by atoms with van der Waals surface area (Å²) in [5, 5.41) is 21.3. The molecule has 3 rings (SSSR count). The van der Waals surface area contributed by atoms with Gasteiger partial charge in [0.2, 0.25) is 11.1 Å². The van der Waals surface area contributed by atoms with Gasteiger partial charge in [0.15, 0.2) is 11.6 Å². The molecule has 0 aliphatic carbocycles. The van der Waals surface area contributed by atoms with Crippen LogP contribution in [0, 0.1) is 5.82 Å². The molecule has 0 radical (unpaired) electrons. The molecule has 0 aliphatic heterocycles. The highest BCUT2D eigenvalue weighted by Gasteiger charge is 2.15. The molecule has 0 aliphatic rings. The first-order chi connectivity index (χ1) is 13.5. The Bertz CT molecular complexity index is 964. The van der Waals surface area contributed by atoms with Gasteiger partial charge in [-0.3, -0.25) is 4.79 Å². The van der Waals surface area contributed by atoms with Crippen LogP contribution in [0.1, 0.15) is 5.56 Å². The minimum atomic E-state index is -0.469. The molecule has 0 atom stereocenters. The minimum absolute atomic E-state index is 0.119. The number of methoxy groups -OCH3 is 1. The summed E-state index contributed by atoms with van der Waals surface area (Å²) in [4.78, 5) is 13.9. The number of ether oxygens (including phenoxy) is 1. The molecule has 1 amide bonds. The zero-order chi connectivity index (χ0) is 20.1. The average molecular weight is 403 g/mol. The summed E-state index contributed by atoms with van der Waals surface area (Å²) < 4.78 is 20.2. The van der Waals surface area contributed by atoms with Crippen LogP contribution in [-0.2, 0) is 11.3 Å². The van der Waals surface area contributed by atoms with Crippen LogP contribution in [0.4, 0.5) is 4.39 Å². The maximum absolute atomic E-state index is 13.8. The summed E-state index contributed by atoms with van der Waals surface area (Å²) in [6.07, 6.45) is 0. The number of nitrogens with zero attached hydrogens (tertiary/aromatic N) is 5. The van der Waals surface area contributed by atoms with Crippen molar-refractivity contribution >= 4 is 17.7 Å². The molecule has 1 aromatic heterocycles. The number of aromatic nitrogens is 4. The van der Waals surface area contributed by atoms with Gasteiger partial charge in [0, 0.05) is 13.6 Å². The Balaban J connectivity index is 1.60. The van der Waals surface area contributed by atoms with E-state index in [9.17, 15) is 14.3 Å². The predicted molar refractivity (Wildman–Crippen MR) is 101 cm³/mol. The van der Waals surface area contributed by atoms with Crippen LogP contribution >= 0.6 is 11.8 Å². The van der Waals surface area contributed by atoms with Gasteiger partial charge in [0.05, 0.1) is 18.6 Å². The Hall–Kier alpha value is -3.14. The Morgan fingerprint density at radius 2 is 2.04 bits per heavy atom. The number of tetrazole rings is 1. The van der Waals surface area contributed by atoms with Gasteiger partial charge in [-0.2, -0.15) is 4.68 Å². The molecule has 0 saturated carbocycles. The molecule has 146 valence electrons.